The molecule has 0 aliphatic rings. The quantitative estimate of drug-likeness (QED) is 0.846. The van der Waals surface area contributed by atoms with Gasteiger partial charge in [0.2, 0.25) is 5.88 Å². The van der Waals surface area contributed by atoms with Crippen LogP contribution in [0.5, 0.6) is 5.88 Å². The molecule has 0 saturated heterocycles. The Morgan fingerprint density at radius 1 is 1.19 bits per heavy atom. The van der Waals surface area contributed by atoms with Gasteiger partial charge in [0.15, 0.2) is 0 Å². The molecule has 3 nitrogen and oxygen atoms in total. The highest BCUT2D eigenvalue weighted by molar-refractivity contribution is 5.26. The van der Waals surface area contributed by atoms with Gasteiger partial charge in [0.1, 0.15) is 5.82 Å². The van der Waals surface area contributed by atoms with Crippen molar-refractivity contribution in [1.29, 1.82) is 0 Å². The van der Waals surface area contributed by atoms with Crippen LogP contribution in [0.4, 0.5) is 30.7 Å². The van der Waals surface area contributed by atoms with Gasteiger partial charge in [-0.3, -0.25) is 0 Å². The van der Waals surface area contributed by atoms with Crippen molar-refractivity contribution in [3.63, 3.8) is 0 Å². The van der Waals surface area contributed by atoms with E-state index in [9.17, 15) is 30.7 Å². The Morgan fingerprint density at radius 3 is 2.24 bits per heavy atom. The fourth-order valence-corrected chi connectivity index (χ4v) is 1.39. The van der Waals surface area contributed by atoms with Gasteiger partial charge in [-0.1, -0.05) is 6.92 Å². The third kappa shape index (κ3) is 5.03. The second-order valence-electron chi connectivity index (χ2n) is 3.98. The van der Waals surface area contributed by atoms with Crippen molar-refractivity contribution in [3.8, 4) is 5.88 Å². The second kappa shape index (κ2) is 6.46. The fraction of sp³-hybridized carbons (Fsp3) is 0.545. The van der Waals surface area contributed by atoms with E-state index in [2.05, 4.69) is 15.0 Å². The molecule has 1 aromatic heterocycles. The number of hydrogen-bond donors (Lipinski definition) is 1. The Balaban J connectivity index is 3.09. The molecule has 0 spiro atoms. The predicted molar refractivity (Wildman–Crippen MR) is 58.1 cm³/mol. The molecule has 1 heterocycles. The monoisotopic (exact) mass is 320 g/mol. The number of nitrogens with zero attached hydrogens (tertiary/aromatic N) is 1. The summed E-state index contributed by atoms with van der Waals surface area (Å²) in [7, 11) is 0. The molecule has 0 fully saturated rings. The summed E-state index contributed by atoms with van der Waals surface area (Å²) >= 11 is 0. The van der Waals surface area contributed by atoms with Gasteiger partial charge >= 0.3 is 12.4 Å². The third-order valence-electron chi connectivity index (χ3n) is 2.28. The number of hydrogen-bond acceptors (Lipinski definition) is 3. The topological polar surface area (TPSA) is 34.2 Å². The van der Waals surface area contributed by atoms with Crippen LogP contribution in [0.2, 0.25) is 0 Å². The van der Waals surface area contributed by atoms with Crippen molar-refractivity contribution >= 4 is 0 Å². The highest BCUT2D eigenvalue weighted by Gasteiger charge is 2.59. The molecule has 0 saturated carbocycles. The van der Waals surface area contributed by atoms with E-state index >= 15 is 0 Å². The number of aromatic nitrogens is 1. The van der Waals surface area contributed by atoms with E-state index in [1.54, 1.807) is 6.92 Å². The Kier molecular flexibility index (Phi) is 5.37. The average molecular weight is 320 g/mol. The van der Waals surface area contributed by atoms with Gasteiger partial charge in [-0.2, -0.15) is 26.3 Å². The van der Waals surface area contributed by atoms with Crippen LogP contribution in [0.3, 0.4) is 0 Å². The second-order valence-corrected chi connectivity index (χ2v) is 3.98. The average Bonchev–Trinajstić information content (AvgIpc) is 2.32. The maximum atomic E-state index is 13.0. The van der Waals surface area contributed by atoms with Gasteiger partial charge in [-0.05, 0) is 12.6 Å². The summed E-state index contributed by atoms with van der Waals surface area (Å²) in [5.74, 6) is -1.82. The molecule has 0 atom stereocenters. The summed E-state index contributed by atoms with van der Waals surface area (Å²) in [4.78, 5) is 3.16. The minimum atomic E-state index is -5.66. The maximum absolute atomic E-state index is 13.0. The first-order valence-electron chi connectivity index (χ1n) is 5.71. The molecular weight excluding hydrogens is 309 g/mol. The van der Waals surface area contributed by atoms with Crippen molar-refractivity contribution in [2.45, 2.75) is 31.9 Å². The molecule has 10 heteroatoms. The zero-order valence-electron chi connectivity index (χ0n) is 10.6. The molecule has 0 aliphatic heterocycles. The first kappa shape index (κ1) is 17.5. The molecule has 120 valence electrons. The number of halogens is 7. The van der Waals surface area contributed by atoms with Crippen LogP contribution in [-0.4, -0.2) is 30.0 Å². The zero-order chi connectivity index (χ0) is 16.3. The number of alkyl halides is 6. The van der Waals surface area contributed by atoms with Gasteiger partial charge in [-0.25, -0.2) is 9.37 Å². The SMILES string of the molecule is CCNCc1cc(F)cnc1OC(C(F)(F)F)C(F)(F)F. The summed E-state index contributed by atoms with van der Waals surface area (Å²) < 4.78 is 91.4. The number of pyridine rings is 1. The number of ether oxygens (including phenoxy) is 1. The Morgan fingerprint density at radius 2 is 1.76 bits per heavy atom. The van der Waals surface area contributed by atoms with E-state index in [-0.39, 0.29) is 12.1 Å². The molecule has 21 heavy (non-hydrogen) atoms. The summed E-state index contributed by atoms with van der Waals surface area (Å²) in [6, 6.07) is 0.759. The molecule has 0 amide bonds. The van der Waals surface area contributed by atoms with Crippen molar-refractivity contribution < 1.29 is 35.5 Å². The lowest BCUT2D eigenvalue weighted by Gasteiger charge is -2.24. The lowest BCUT2D eigenvalue weighted by molar-refractivity contribution is -0.300. The van der Waals surface area contributed by atoms with Crippen LogP contribution >= 0.6 is 0 Å². The largest absolute Gasteiger partial charge is 0.454 e. The van der Waals surface area contributed by atoms with Gasteiger partial charge in [-0.15, -0.1) is 0 Å². The molecular formula is C11H11F7N2O. The van der Waals surface area contributed by atoms with E-state index in [0.29, 0.717) is 12.7 Å². The lowest BCUT2D eigenvalue weighted by Crippen LogP contribution is -2.47. The van der Waals surface area contributed by atoms with Gasteiger partial charge in [0.05, 0.1) is 6.20 Å². The molecule has 0 unspecified atom stereocenters. The van der Waals surface area contributed by atoms with Crippen LogP contribution in [0, 0.1) is 5.82 Å². The Labute approximate surface area is 115 Å². The first-order chi connectivity index (χ1) is 9.55. The smallest absolute Gasteiger partial charge is 0.434 e. The summed E-state index contributed by atoms with van der Waals surface area (Å²) in [5, 5.41) is 2.63. The Hall–Kier alpha value is -1.58. The highest BCUT2D eigenvalue weighted by Crippen LogP contribution is 2.36. The number of nitrogens with one attached hydrogen (secondary N) is 1. The van der Waals surface area contributed by atoms with Crippen LogP contribution < -0.4 is 10.1 Å². The lowest BCUT2D eigenvalue weighted by atomic mass is 10.2. The predicted octanol–water partition coefficient (Wildman–Crippen LogP) is 3.20. The van der Waals surface area contributed by atoms with Crippen LogP contribution in [0.25, 0.3) is 0 Å². The van der Waals surface area contributed by atoms with Gasteiger partial charge < -0.3 is 10.1 Å². The first-order valence-corrected chi connectivity index (χ1v) is 5.71. The van der Waals surface area contributed by atoms with Crippen LogP contribution in [-0.2, 0) is 6.54 Å². The molecule has 0 radical (unpaired) electrons. The van der Waals surface area contributed by atoms with Crippen molar-refractivity contribution in [3.05, 3.63) is 23.6 Å². The van der Waals surface area contributed by atoms with Crippen molar-refractivity contribution in [2.75, 3.05) is 6.54 Å². The molecule has 1 rings (SSSR count). The van der Waals surface area contributed by atoms with Gasteiger partial charge in [0, 0.05) is 12.1 Å². The van der Waals surface area contributed by atoms with E-state index in [4.69, 9.17) is 0 Å². The molecule has 0 aromatic carbocycles. The maximum Gasteiger partial charge on any atom is 0.434 e. The minimum absolute atomic E-state index is 0.182. The normalized spacial score (nSPS) is 12.8. The summed E-state index contributed by atoms with van der Waals surface area (Å²) in [5.41, 5.74) is -0.240. The van der Waals surface area contributed by atoms with Crippen LogP contribution in [0.15, 0.2) is 12.3 Å². The fourth-order valence-electron chi connectivity index (χ4n) is 1.39. The third-order valence-corrected chi connectivity index (χ3v) is 2.28. The summed E-state index contributed by atoms with van der Waals surface area (Å²) in [6.07, 6.45) is -14.9. The molecule has 0 aliphatic carbocycles. The van der Waals surface area contributed by atoms with E-state index < -0.39 is 30.2 Å². The highest BCUT2D eigenvalue weighted by atomic mass is 19.4. The minimum Gasteiger partial charge on any atom is -0.454 e. The molecule has 1 N–H and O–H groups in total. The standard InChI is InChI=1S/C11H11F7N2O/c1-2-19-4-6-3-7(12)5-20-8(6)21-9(10(13,14)15)11(16,17)18/h3,5,9,19H,2,4H2,1H3. The van der Waals surface area contributed by atoms with E-state index in [1.807, 2.05) is 0 Å². The molecule has 0 bridgehead atoms. The van der Waals surface area contributed by atoms with Crippen molar-refractivity contribution in [1.82, 2.24) is 10.3 Å². The molecule has 1 aromatic rings. The van der Waals surface area contributed by atoms with Gasteiger partial charge in [0.25, 0.3) is 6.10 Å². The van der Waals surface area contributed by atoms with E-state index in [0.717, 1.165) is 6.07 Å². The number of rotatable bonds is 5. The van der Waals surface area contributed by atoms with Crippen molar-refractivity contribution in [2.24, 2.45) is 0 Å². The van der Waals surface area contributed by atoms with E-state index in [1.165, 1.54) is 0 Å². The zero-order valence-corrected chi connectivity index (χ0v) is 10.6. The van der Waals surface area contributed by atoms with Crippen LogP contribution in [0.1, 0.15) is 12.5 Å². The summed E-state index contributed by atoms with van der Waals surface area (Å²) in [6.45, 7) is 1.85. The Bertz CT molecular complexity index is 459.